The Morgan fingerprint density at radius 3 is 2.52 bits per heavy atom. The van der Waals surface area contributed by atoms with E-state index in [-0.39, 0.29) is 16.9 Å². The third-order valence-corrected chi connectivity index (χ3v) is 2.72. The molecule has 0 saturated carbocycles. The number of anilines is 1. The molecule has 9 nitrogen and oxygen atoms in total. The first kappa shape index (κ1) is 16.5. The molecule has 0 atom stereocenters. The van der Waals surface area contributed by atoms with E-state index in [1.54, 1.807) is 33.8 Å². The molecule has 124 valence electrons. The van der Waals surface area contributed by atoms with Gasteiger partial charge >= 0.3 is 12.2 Å². The average molecular weight is 323 g/mol. The number of imide groups is 1. The van der Waals surface area contributed by atoms with Crippen LogP contribution in [0.1, 0.15) is 26.5 Å². The Kier molecular flexibility index (Phi) is 4.13. The van der Waals surface area contributed by atoms with Crippen LogP contribution in [0.2, 0.25) is 0 Å². The molecule has 2 heterocycles. The molecule has 9 heteroatoms. The second kappa shape index (κ2) is 5.75. The number of methoxy groups -OCH3 is 1. The van der Waals surface area contributed by atoms with Crippen LogP contribution >= 0.6 is 0 Å². The lowest BCUT2D eigenvalue weighted by Crippen LogP contribution is -2.40. The maximum absolute atomic E-state index is 12.2. The lowest BCUT2D eigenvalue weighted by Gasteiger charge is -2.23. The number of ether oxygens (including phenoxy) is 2. The fraction of sp³-hybridized carbons (Fsp3) is 0.429. The van der Waals surface area contributed by atoms with Gasteiger partial charge in [-0.15, -0.1) is 0 Å². The first-order valence-electron chi connectivity index (χ1n) is 6.71. The van der Waals surface area contributed by atoms with E-state index < -0.39 is 17.8 Å². The molecule has 0 aromatic carbocycles. The highest BCUT2D eigenvalue weighted by atomic mass is 16.6. The maximum Gasteiger partial charge on any atom is 0.425 e. The second-order valence-electron chi connectivity index (χ2n) is 5.75. The van der Waals surface area contributed by atoms with Crippen molar-refractivity contribution in [1.82, 2.24) is 10.1 Å². The third kappa shape index (κ3) is 3.33. The average Bonchev–Trinajstić information content (AvgIpc) is 2.79. The minimum absolute atomic E-state index is 0.0617. The van der Waals surface area contributed by atoms with Gasteiger partial charge in [0.25, 0.3) is 5.71 Å². The number of aromatic nitrogens is 2. The number of hydrogen-bond donors (Lipinski definition) is 1. The Morgan fingerprint density at radius 2 is 2.00 bits per heavy atom. The smallest absolute Gasteiger partial charge is 0.425 e. The van der Waals surface area contributed by atoms with Crippen molar-refractivity contribution in [2.24, 2.45) is 0 Å². The second-order valence-corrected chi connectivity index (χ2v) is 5.75. The number of aryl methyl sites for hydroxylation is 1. The van der Waals surface area contributed by atoms with Crippen LogP contribution in [0.25, 0.3) is 11.1 Å². The molecule has 0 bridgehead atoms. The summed E-state index contributed by atoms with van der Waals surface area (Å²) >= 11 is 0. The zero-order valence-corrected chi connectivity index (χ0v) is 13.4. The summed E-state index contributed by atoms with van der Waals surface area (Å²) in [5.74, 6) is 0.0321. The van der Waals surface area contributed by atoms with Gasteiger partial charge in [-0.1, -0.05) is 5.16 Å². The zero-order valence-electron chi connectivity index (χ0n) is 13.4. The van der Waals surface area contributed by atoms with Gasteiger partial charge in [0.1, 0.15) is 16.7 Å². The number of carbonyl (C=O) groups is 2. The number of carboxylic acid groups (broad SMARTS) is 1. The maximum atomic E-state index is 12.2. The van der Waals surface area contributed by atoms with Gasteiger partial charge < -0.3 is 19.1 Å². The number of nitrogens with zero attached hydrogens (tertiary/aromatic N) is 3. The molecule has 0 aliphatic rings. The van der Waals surface area contributed by atoms with Crippen molar-refractivity contribution >= 4 is 29.1 Å². The normalized spacial score (nSPS) is 11.3. The Morgan fingerprint density at radius 1 is 1.35 bits per heavy atom. The molecule has 0 fully saturated rings. The third-order valence-electron chi connectivity index (χ3n) is 2.72. The lowest BCUT2D eigenvalue weighted by molar-refractivity contribution is 0.0580. The van der Waals surface area contributed by atoms with E-state index >= 15 is 0 Å². The van der Waals surface area contributed by atoms with E-state index in [4.69, 9.17) is 14.0 Å². The molecule has 2 amide bonds. The van der Waals surface area contributed by atoms with Gasteiger partial charge in [-0.2, -0.15) is 4.90 Å². The first-order valence-corrected chi connectivity index (χ1v) is 6.71. The van der Waals surface area contributed by atoms with Crippen LogP contribution in [0.5, 0.6) is 5.75 Å². The van der Waals surface area contributed by atoms with Crippen molar-refractivity contribution in [3.63, 3.8) is 0 Å². The number of hydrogen-bond acceptors (Lipinski definition) is 7. The SMILES string of the molecule is COc1cc(C)nc2onc(N(C(=O)O)C(=O)OC(C)(C)C)c12. The van der Waals surface area contributed by atoms with Gasteiger partial charge in [0.05, 0.1) is 7.11 Å². The van der Waals surface area contributed by atoms with Gasteiger partial charge in [0.15, 0.2) is 0 Å². The van der Waals surface area contributed by atoms with Crippen molar-refractivity contribution in [3.05, 3.63) is 11.8 Å². The molecule has 2 rings (SSSR count). The van der Waals surface area contributed by atoms with Crippen LogP contribution in [0.4, 0.5) is 15.4 Å². The highest BCUT2D eigenvalue weighted by Gasteiger charge is 2.34. The molecule has 1 N–H and O–H groups in total. The summed E-state index contributed by atoms with van der Waals surface area (Å²) in [7, 11) is 1.41. The summed E-state index contributed by atoms with van der Waals surface area (Å²) in [6.45, 7) is 6.58. The highest BCUT2D eigenvalue weighted by Crippen LogP contribution is 2.34. The van der Waals surface area contributed by atoms with Crippen molar-refractivity contribution in [2.75, 3.05) is 12.0 Å². The van der Waals surface area contributed by atoms with E-state index in [9.17, 15) is 14.7 Å². The summed E-state index contributed by atoms with van der Waals surface area (Å²) in [4.78, 5) is 28.2. The largest absolute Gasteiger partial charge is 0.496 e. The molecule has 2 aromatic heterocycles. The van der Waals surface area contributed by atoms with Crippen LogP contribution in [0, 0.1) is 6.92 Å². The van der Waals surface area contributed by atoms with Crippen LogP contribution < -0.4 is 9.64 Å². The standard InChI is InChI=1S/C14H17N3O6/c1-7-6-8(21-5)9-10(16-23-11(9)15-7)17(12(18)19)13(20)22-14(2,3)4/h6H,1-5H3,(H,18,19). The molecular weight excluding hydrogens is 306 g/mol. The number of pyridine rings is 1. The number of fused-ring (bicyclic) bond motifs is 1. The monoisotopic (exact) mass is 323 g/mol. The molecular formula is C14H17N3O6. The van der Waals surface area contributed by atoms with Crippen molar-refractivity contribution < 1.29 is 28.7 Å². The Bertz CT molecular complexity index is 762. The predicted octanol–water partition coefficient (Wildman–Crippen LogP) is 2.96. The van der Waals surface area contributed by atoms with Crippen molar-refractivity contribution in [2.45, 2.75) is 33.3 Å². The van der Waals surface area contributed by atoms with E-state index in [0.717, 1.165) is 0 Å². The highest BCUT2D eigenvalue weighted by molar-refractivity contribution is 6.13. The molecule has 0 spiro atoms. The summed E-state index contributed by atoms with van der Waals surface area (Å²) in [5, 5.41) is 13.2. The summed E-state index contributed by atoms with van der Waals surface area (Å²) in [6.07, 6.45) is -2.65. The zero-order chi connectivity index (χ0) is 17.4. The predicted molar refractivity (Wildman–Crippen MR) is 79.8 cm³/mol. The molecule has 0 radical (unpaired) electrons. The quantitative estimate of drug-likeness (QED) is 0.896. The van der Waals surface area contributed by atoms with Crippen LogP contribution in [0.15, 0.2) is 10.6 Å². The minimum Gasteiger partial charge on any atom is -0.496 e. The van der Waals surface area contributed by atoms with E-state index in [1.807, 2.05) is 0 Å². The number of rotatable bonds is 2. The molecule has 23 heavy (non-hydrogen) atoms. The fourth-order valence-electron chi connectivity index (χ4n) is 1.90. The van der Waals surface area contributed by atoms with Gasteiger partial charge in [-0.05, 0) is 27.7 Å². The number of amides is 2. The van der Waals surface area contributed by atoms with E-state index in [0.29, 0.717) is 16.3 Å². The van der Waals surface area contributed by atoms with Gasteiger partial charge in [-0.25, -0.2) is 14.6 Å². The summed E-state index contributed by atoms with van der Waals surface area (Å²) < 4.78 is 15.3. The first-order chi connectivity index (χ1) is 10.6. The fourth-order valence-corrected chi connectivity index (χ4v) is 1.90. The Balaban J connectivity index is 2.59. The molecule has 0 aliphatic carbocycles. The van der Waals surface area contributed by atoms with Crippen LogP contribution in [-0.2, 0) is 4.74 Å². The molecule has 0 saturated heterocycles. The topological polar surface area (TPSA) is 115 Å². The molecule has 0 unspecified atom stereocenters. The van der Waals surface area contributed by atoms with Gasteiger partial charge in [-0.3, -0.25) is 0 Å². The van der Waals surface area contributed by atoms with Crippen LogP contribution in [-0.4, -0.2) is 40.1 Å². The summed E-state index contributed by atoms with van der Waals surface area (Å²) in [6, 6.07) is 1.58. The molecule has 0 aliphatic heterocycles. The number of carbonyl (C=O) groups excluding carboxylic acids is 1. The van der Waals surface area contributed by atoms with Gasteiger partial charge in [0.2, 0.25) is 5.82 Å². The summed E-state index contributed by atoms with van der Waals surface area (Å²) in [5.41, 5.74) is -0.216. The van der Waals surface area contributed by atoms with Crippen molar-refractivity contribution in [1.29, 1.82) is 0 Å². The van der Waals surface area contributed by atoms with Crippen LogP contribution in [0.3, 0.4) is 0 Å². The van der Waals surface area contributed by atoms with E-state index in [2.05, 4.69) is 10.1 Å². The molecule has 2 aromatic rings. The Labute approximate surface area is 131 Å². The van der Waals surface area contributed by atoms with Gasteiger partial charge in [0, 0.05) is 11.8 Å². The van der Waals surface area contributed by atoms with E-state index in [1.165, 1.54) is 7.11 Å². The van der Waals surface area contributed by atoms with Crippen molar-refractivity contribution in [3.8, 4) is 5.75 Å². The minimum atomic E-state index is -1.56. The lowest BCUT2D eigenvalue weighted by atomic mass is 10.2. The Hall–Kier alpha value is -2.84.